The van der Waals surface area contributed by atoms with Crippen molar-refractivity contribution in [3.05, 3.63) is 24.0 Å². The van der Waals surface area contributed by atoms with E-state index < -0.39 is 0 Å². The lowest BCUT2D eigenvalue weighted by Gasteiger charge is -2.26. The summed E-state index contributed by atoms with van der Waals surface area (Å²) in [6, 6.07) is 3.77. The number of nitrogens with one attached hydrogen (secondary N) is 1. The molecule has 0 aromatic carbocycles. The first-order valence-electron chi connectivity index (χ1n) is 7.81. The number of anilines is 1. The predicted octanol–water partition coefficient (Wildman–Crippen LogP) is 2.07. The number of carbonyl (C=O) groups excluding carboxylic acids is 1. The van der Waals surface area contributed by atoms with Gasteiger partial charge in [0.25, 0.3) is 5.91 Å². The number of rotatable bonds is 6. The van der Waals surface area contributed by atoms with Gasteiger partial charge in [0.1, 0.15) is 5.69 Å². The summed E-state index contributed by atoms with van der Waals surface area (Å²) in [6.07, 6.45) is 6.29. The zero-order valence-corrected chi connectivity index (χ0v) is 13.1. The van der Waals surface area contributed by atoms with Crippen LogP contribution in [0.25, 0.3) is 0 Å². The third-order valence-electron chi connectivity index (χ3n) is 3.74. The van der Waals surface area contributed by atoms with Crippen LogP contribution in [0.2, 0.25) is 0 Å². The van der Waals surface area contributed by atoms with Gasteiger partial charge in [0.2, 0.25) is 0 Å². The lowest BCUT2D eigenvalue weighted by molar-refractivity contribution is 0.0718. The quantitative estimate of drug-likeness (QED) is 0.815. The largest absolute Gasteiger partial charge is 0.384 e. The second kappa shape index (κ2) is 7.98. The van der Waals surface area contributed by atoms with Crippen LogP contribution in [0.1, 0.15) is 36.2 Å². The average molecular weight is 290 g/mol. The summed E-state index contributed by atoms with van der Waals surface area (Å²) in [7, 11) is 4.14. The summed E-state index contributed by atoms with van der Waals surface area (Å²) in [6.45, 7) is 3.71. The van der Waals surface area contributed by atoms with Gasteiger partial charge in [-0.3, -0.25) is 4.79 Å². The Morgan fingerprint density at radius 1 is 1.29 bits per heavy atom. The molecule has 2 heterocycles. The Morgan fingerprint density at radius 2 is 2.05 bits per heavy atom. The molecule has 1 fully saturated rings. The smallest absolute Gasteiger partial charge is 0.272 e. The molecule has 0 aliphatic carbocycles. The number of hydrogen-bond donors (Lipinski definition) is 1. The molecule has 1 saturated heterocycles. The van der Waals surface area contributed by atoms with Gasteiger partial charge >= 0.3 is 0 Å². The van der Waals surface area contributed by atoms with E-state index in [1.165, 1.54) is 6.42 Å². The molecular weight excluding hydrogens is 264 g/mol. The van der Waals surface area contributed by atoms with Crippen molar-refractivity contribution in [2.75, 3.05) is 45.6 Å². The van der Waals surface area contributed by atoms with Crippen molar-refractivity contribution in [3.8, 4) is 0 Å². The maximum atomic E-state index is 12.3. The number of aromatic nitrogens is 1. The van der Waals surface area contributed by atoms with Gasteiger partial charge in [-0.25, -0.2) is 4.98 Å². The van der Waals surface area contributed by atoms with Crippen molar-refractivity contribution in [3.63, 3.8) is 0 Å². The maximum absolute atomic E-state index is 12.3. The van der Waals surface area contributed by atoms with Gasteiger partial charge in [0, 0.05) is 19.6 Å². The van der Waals surface area contributed by atoms with Gasteiger partial charge in [0.05, 0.1) is 11.9 Å². The van der Waals surface area contributed by atoms with E-state index in [4.69, 9.17) is 0 Å². The highest BCUT2D eigenvalue weighted by Gasteiger charge is 2.18. The van der Waals surface area contributed by atoms with E-state index in [0.717, 1.165) is 51.1 Å². The molecule has 5 heteroatoms. The van der Waals surface area contributed by atoms with Crippen LogP contribution in [0.5, 0.6) is 0 Å². The molecule has 0 radical (unpaired) electrons. The monoisotopic (exact) mass is 290 g/mol. The molecule has 0 spiro atoms. The van der Waals surface area contributed by atoms with Crippen LogP contribution in [0.15, 0.2) is 18.3 Å². The summed E-state index contributed by atoms with van der Waals surface area (Å²) in [4.78, 5) is 20.7. The molecule has 1 aromatic heterocycles. The Morgan fingerprint density at radius 3 is 2.67 bits per heavy atom. The van der Waals surface area contributed by atoms with Gasteiger partial charge < -0.3 is 15.1 Å². The SMILES string of the molecule is CN(C)CCCNc1ccc(C(=O)N2CCCCC2)nc1. The van der Waals surface area contributed by atoms with E-state index in [1.807, 2.05) is 17.0 Å². The molecule has 1 aromatic rings. The van der Waals surface area contributed by atoms with Crippen LogP contribution in [-0.2, 0) is 0 Å². The lowest BCUT2D eigenvalue weighted by Crippen LogP contribution is -2.36. The molecule has 0 unspecified atom stereocenters. The van der Waals surface area contributed by atoms with E-state index in [9.17, 15) is 4.79 Å². The first-order valence-corrected chi connectivity index (χ1v) is 7.81. The molecule has 5 nitrogen and oxygen atoms in total. The minimum absolute atomic E-state index is 0.0638. The Kier molecular flexibility index (Phi) is 5.99. The van der Waals surface area contributed by atoms with Crippen molar-refractivity contribution in [1.82, 2.24) is 14.8 Å². The molecule has 116 valence electrons. The second-order valence-electron chi connectivity index (χ2n) is 5.87. The fraction of sp³-hybridized carbons (Fsp3) is 0.625. The number of hydrogen-bond acceptors (Lipinski definition) is 4. The Balaban J connectivity index is 1.82. The number of nitrogens with zero attached hydrogens (tertiary/aromatic N) is 3. The summed E-state index contributed by atoms with van der Waals surface area (Å²) in [5.41, 5.74) is 1.53. The number of likely N-dealkylation sites (tertiary alicyclic amines) is 1. The minimum atomic E-state index is 0.0638. The zero-order valence-electron chi connectivity index (χ0n) is 13.1. The molecule has 1 aliphatic rings. The third kappa shape index (κ3) is 5.01. The third-order valence-corrected chi connectivity index (χ3v) is 3.74. The molecule has 1 amide bonds. The Labute approximate surface area is 127 Å². The van der Waals surface area contributed by atoms with Gasteiger partial charge in [-0.05, 0) is 58.5 Å². The van der Waals surface area contributed by atoms with Crippen LogP contribution in [-0.4, -0.2) is 61.0 Å². The normalized spacial score (nSPS) is 15.3. The summed E-state index contributed by atoms with van der Waals surface area (Å²) in [5, 5.41) is 3.33. The fourth-order valence-corrected chi connectivity index (χ4v) is 2.51. The number of piperidine rings is 1. The maximum Gasteiger partial charge on any atom is 0.272 e. The van der Waals surface area contributed by atoms with Crippen molar-refractivity contribution in [2.24, 2.45) is 0 Å². The van der Waals surface area contributed by atoms with Gasteiger partial charge in [-0.1, -0.05) is 0 Å². The molecule has 0 saturated carbocycles. The molecule has 2 rings (SSSR count). The summed E-state index contributed by atoms with van der Waals surface area (Å²) in [5.74, 6) is 0.0638. The summed E-state index contributed by atoms with van der Waals surface area (Å²) < 4.78 is 0. The van der Waals surface area contributed by atoms with E-state index in [1.54, 1.807) is 6.20 Å². The van der Waals surface area contributed by atoms with Crippen molar-refractivity contribution < 1.29 is 4.79 Å². The van der Waals surface area contributed by atoms with Crippen molar-refractivity contribution in [1.29, 1.82) is 0 Å². The summed E-state index contributed by atoms with van der Waals surface area (Å²) >= 11 is 0. The van der Waals surface area contributed by atoms with E-state index in [-0.39, 0.29) is 5.91 Å². The van der Waals surface area contributed by atoms with Crippen LogP contribution in [0.4, 0.5) is 5.69 Å². The molecular formula is C16H26N4O. The lowest BCUT2D eigenvalue weighted by atomic mass is 10.1. The molecule has 1 aliphatic heterocycles. The highest BCUT2D eigenvalue weighted by atomic mass is 16.2. The van der Waals surface area contributed by atoms with Crippen LogP contribution in [0.3, 0.4) is 0 Å². The highest BCUT2D eigenvalue weighted by molar-refractivity contribution is 5.92. The predicted molar refractivity (Wildman–Crippen MR) is 85.7 cm³/mol. The molecule has 1 N–H and O–H groups in total. The number of carbonyl (C=O) groups is 1. The van der Waals surface area contributed by atoms with Crippen molar-refractivity contribution in [2.45, 2.75) is 25.7 Å². The van der Waals surface area contributed by atoms with Crippen LogP contribution >= 0.6 is 0 Å². The highest BCUT2D eigenvalue weighted by Crippen LogP contribution is 2.13. The minimum Gasteiger partial charge on any atom is -0.384 e. The standard InChI is InChI=1S/C16H26N4O/c1-19(2)10-6-9-17-14-7-8-15(18-13-14)16(21)20-11-4-3-5-12-20/h7-8,13,17H,3-6,9-12H2,1-2H3. The fourth-order valence-electron chi connectivity index (χ4n) is 2.51. The molecule has 0 atom stereocenters. The number of amides is 1. The second-order valence-corrected chi connectivity index (χ2v) is 5.87. The Hall–Kier alpha value is -1.62. The van der Waals surface area contributed by atoms with Crippen LogP contribution < -0.4 is 5.32 Å². The van der Waals surface area contributed by atoms with Gasteiger partial charge in [-0.15, -0.1) is 0 Å². The topological polar surface area (TPSA) is 48.5 Å². The molecule has 0 bridgehead atoms. The van der Waals surface area contributed by atoms with Crippen molar-refractivity contribution >= 4 is 11.6 Å². The first-order chi connectivity index (χ1) is 10.2. The van der Waals surface area contributed by atoms with Crippen LogP contribution in [0, 0.1) is 0 Å². The van der Waals surface area contributed by atoms with Gasteiger partial charge in [-0.2, -0.15) is 0 Å². The average Bonchev–Trinajstić information content (AvgIpc) is 2.52. The zero-order chi connectivity index (χ0) is 15.1. The van der Waals surface area contributed by atoms with Gasteiger partial charge in [0.15, 0.2) is 0 Å². The first kappa shape index (κ1) is 15.8. The van der Waals surface area contributed by atoms with E-state index in [2.05, 4.69) is 29.3 Å². The molecule has 21 heavy (non-hydrogen) atoms. The Bertz CT molecular complexity index is 438. The van der Waals surface area contributed by atoms with E-state index >= 15 is 0 Å². The van der Waals surface area contributed by atoms with E-state index in [0.29, 0.717) is 5.69 Å². The number of pyridine rings is 1.